The predicted molar refractivity (Wildman–Crippen MR) is 146 cm³/mol. The zero-order valence-corrected chi connectivity index (χ0v) is 22.4. The number of benzene rings is 2. The molecule has 2 aromatic carbocycles. The second-order valence-corrected chi connectivity index (χ2v) is 9.92. The van der Waals surface area contributed by atoms with E-state index in [0.717, 1.165) is 32.1 Å². The number of nitrogens with two attached hydrogens (primary N) is 2. The molecule has 0 spiro atoms. The molecule has 1 saturated carbocycles. The number of aromatic nitrogens is 1. The van der Waals surface area contributed by atoms with Gasteiger partial charge in [-0.3, -0.25) is 19.3 Å². The minimum atomic E-state index is -1.22. The third-order valence-corrected chi connectivity index (χ3v) is 7.51. The van der Waals surface area contributed by atoms with Crippen molar-refractivity contribution in [3.8, 4) is 11.5 Å². The molecule has 3 amide bonds. The van der Waals surface area contributed by atoms with Gasteiger partial charge in [-0.15, -0.1) is 0 Å². The summed E-state index contributed by atoms with van der Waals surface area (Å²) in [6.07, 6.45) is 4.70. The van der Waals surface area contributed by atoms with Gasteiger partial charge in [0.2, 0.25) is 5.91 Å². The fourth-order valence-corrected chi connectivity index (χ4v) is 5.43. The molecule has 0 bridgehead atoms. The monoisotopic (exact) mass is 555 g/mol. The normalized spacial score (nSPS) is 14.3. The van der Waals surface area contributed by atoms with Gasteiger partial charge in [-0.25, -0.2) is 4.39 Å². The van der Waals surface area contributed by atoms with Gasteiger partial charge in [-0.05, 0) is 66.3 Å². The average molecular weight is 556 g/mol. The summed E-state index contributed by atoms with van der Waals surface area (Å²) < 4.78 is 28.7. The third kappa shape index (κ3) is 5.95. The zero-order valence-electron chi connectivity index (χ0n) is 21.6. The quantitative estimate of drug-likeness (QED) is 0.363. The summed E-state index contributed by atoms with van der Waals surface area (Å²) in [6.45, 7) is 0. The molecule has 1 atom stereocenters. The van der Waals surface area contributed by atoms with Gasteiger partial charge >= 0.3 is 0 Å². The number of halogens is 1. The highest BCUT2D eigenvalue weighted by molar-refractivity contribution is 7.09. The van der Waals surface area contributed by atoms with Crippen molar-refractivity contribution in [1.82, 2.24) is 9.69 Å². The number of primary amides is 1. The summed E-state index contributed by atoms with van der Waals surface area (Å²) in [5.41, 5.74) is 11.7. The van der Waals surface area contributed by atoms with Gasteiger partial charge in [-0.2, -0.15) is 4.37 Å². The van der Waals surface area contributed by atoms with E-state index in [1.54, 1.807) is 18.2 Å². The van der Waals surface area contributed by atoms with Crippen LogP contribution < -0.4 is 31.2 Å². The first-order valence-corrected chi connectivity index (χ1v) is 13.2. The van der Waals surface area contributed by atoms with Crippen molar-refractivity contribution in [3.05, 3.63) is 64.4 Å². The maximum atomic E-state index is 14.1. The Balaban J connectivity index is 1.88. The van der Waals surface area contributed by atoms with Crippen molar-refractivity contribution in [1.29, 1.82) is 0 Å². The van der Waals surface area contributed by atoms with E-state index in [1.807, 2.05) is 0 Å². The first kappa shape index (κ1) is 27.8. The average Bonchev–Trinajstić information content (AvgIpc) is 3.33. The molecule has 4 rings (SSSR count). The lowest BCUT2D eigenvalue weighted by Crippen LogP contribution is -2.47. The number of nitrogens with one attached hydrogen (secondary N) is 1. The summed E-state index contributed by atoms with van der Waals surface area (Å²) in [4.78, 5) is 41.0. The maximum Gasteiger partial charge on any atom is 0.273 e. The van der Waals surface area contributed by atoms with E-state index in [1.165, 1.54) is 43.4 Å². The lowest BCUT2D eigenvalue weighted by atomic mass is 9.94. The van der Waals surface area contributed by atoms with Gasteiger partial charge in [-0.1, -0.05) is 25.3 Å². The molecule has 0 radical (unpaired) electrons. The lowest BCUT2D eigenvalue weighted by Gasteiger charge is -2.33. The minimum absolute atomic E-state index is 0.0611. The Labute approximate surface area is 229 Å². The standard InChI is InChI=1S/C27H30FN5O5S/c1-37-19-13-8-15(14-20(19)38-2)23(26(35)31-17-6-4-3-5-7-17)33(18-11-9-16(28)10-12-18)27(36)24-21(29)22(25(30)34)32-39-24/h8-14,17,23H,3-7,29H2,1-2H3,(H2,30,34)(H,31,35). The van der Waals surface area contributed by atoms with Crippen molar-refractivity contribution >= 4 is 40.6 Å². The topological polar surface area (TPSA) is 150 Å². The van der Waals surface area contributed by atoms with E-state index in [-0.39, 0.29) is 28.0 Å². The highest BCUT2D eigenvalue weighted by atomic mass is 32.1. The number of carbonyl (C=O) groups excluding carboxylic acids is 3. The number of rotatable bonds is 9. The molecular formula is C27H30FN5O5S. The first-order chi connectivity index (χ1) is 18.7. The zero-order chi connectivity index (χ0) is 28.1. The van der Waals surface area contributed by atoms with E-state index < -0.39 is 29.6 Å². The van der Waals surface area contributed by atoms with Crippen LogP contribution in [0.3, 0.4) is 0 Å². The molecule has 1 heterocycles. The molecule has 1 aliphatic carbocycles. The number of ether oxygens (including phenoxy) is 2. The summed E-state index contributed by atoms with van der Waals surface area (Å²) in [7, 11) is 2.95. The SMILES string of the molecule is COc1ccc(C(C(=O)NC2CCCCC2)N(C(=O)c2snc(C(N)=O)c2N)c2ccc(F)cc2)cc1OC. The fourth-order valence-electron chi connectivity index (χ4n) is 4.69. The number of methoxy groups -OCH3 is 2. The molecule has 1 fully saturated rings. The summed E-state index contributed by atoms with van der Waals surface area (Å²) in [6, 6.07) is 8.77. The molecule has 1 aromatic heterocycles. The number of anilines is 2. The Bertz CT molecular complexity index is 1360. The van der Waals surface area contributed by atoms with E-state index in [2.05, 4.69) is 9.69 Å². The Morgan fingerprint density at radius 3 is 2.31 bits per heavy atom. The number of hydrogen-bond acceptors (Lipinski definition) is 8. The molecule has 206 valence electrons. The Hall–Kier alpha value is -4.19. The fraction of sp³-hybridized carbons (Fsp3) is 0.333. The number of nitrogens with zero attached hydrogens (tertiary/aromatic N) is 2. The molecule has 12 heteroatoms. The number of nitrogen functional groups attached to an aromatic ring is 1. The Kier molecular flexibility index (Phi) is 8.65. The predicted octanol–water partition coefficient (Wildman–Crippen LogP) is 3.82. The van der Waals surface area contributed by atoms with Gasteiger partial charge < -0.3 is 26.3 Å². The largest absolute Gasteiger partial charge is 0.493 e. The van der Waals surface area contributed by atoms with Crippen molar-refractivity contribution in [2.24, 2.45) is 5.73 Å². The van der Waals surface area contributed by atoms with Gasteiger partial charge in [0, 0.05) is 11.7 Å². The summed E-state index contributed by atoms with van der Waals surface area (Å²) in [5.74, 6) is -1.76. The van der Waals surface area contributed by atoms with Crippen LogP contribution in [-0.2, 0) is 4.79 Å². The van der Waals surface area contributed by atoms with Crippen LogP contribution in [0.1, 0.15) is 63.9 Å². The second-order valence-electron chi connectivity index (χ2n) is 9.15. The van der Waals surface area contributed by atoms with Gasteiger partial charge in [0.25, 0.3) is 11.8 Å². The molecule has 5 N–H and O–H groups in total. The summed E-state index contributed by atoms with van der Waals surface area (Å²) >= 11 is 0.695. The number of amides is 3. The third-order valence-electron chi connectivity index (χ3n) is 6.66. The molecule has 0 saturated heterocycles. The van der Waals surface area contributed by atoms with Gasteiger partial charge in [0.1, 0.15) is 16.7 Å². The van der Waals surface area contributed by atoms with E-state index in [4.69, 9.17) is 20.9 Å². The molecule has 1 aliphatic rings. The van der Waals surface area contributed by atoms with Crippen LogP contribution in [0.5, 0.6) is 11.5 Å². The van der Waals surface area contributed by atoms with Crippen molar-refractivity contribution < 1.29 is 28.2 Å². The van der Waals surface area contributed by atoms with Crippen molar-refractivity contribution in [2.75, 3.05) is 24.9 Å². The van der Waals surface area contributed by atoms with E-state index >= 15 is 0 Å². The van der Waals surface area contributed by atoms with Crippen molar-refractivity contribution in [2.45, 2.75) is 44.2 Å². The van der Waals surface area contributed by atoms with Crippen LogP contribution in [0, 0.1) is 5.82 Å². The van der Waals surface area contributed by atoms with Crippen LogP contribution in [0.4, 0.5) is 15.8 Å². The van der Waals surface area contributed by atoms with Crippen LogP contribution in [0.15, 0.2) is 42.5 Å². The second kappa shape index (κ2) is 12.1. The Morgan fingerprint density at radius 2 is 1.72 bits per heavy atom. The highest BCUT2D eigenvalue weighted by Crippen LogP contribution is 2.37. The highest BCUT2D eigenvalue weighted by Gasteiger charge is 2.37. The molecule has 10 nitrogen and oxygen atoms in total. The lowest BCUT2D eigenvalue weighted by molar-refractivity contribution is -0.123. The molecule has 39 heavy (non-hydrogen) atoms. The number of hydrogen-bond donors (Lipinski definition) is 3. The van der Waals surface area contributed by atoms with Crippen LogP contribution in [0.2, 0.25) is 0 Å². The molecule has 0 aliphatic heterocycles. The van der Waals surface area contributed by atoms with Crippen LogP contribution >= 0.6 is 11.5 Å². The Morgan fingerprint density at radius 1 is 1.05 bits per heavy atom. The molecule has 1 unspecified atom stereocenters. The maximum absolute atomic E-state index is 14.1. The first-order valence-electron chi connectivity index (χ1n) is 12.4. The van der Waals surface area contributed by atoms with Gasteiger partial charge in [0.05, 0.1) is 19.9 Å². The number of carbonyl (C=O) groups is 3. The van der Waals surface area contributed by atoms with E-state index in [0.29, 0.717) is 28.6 Å². The summed E-state index contributed by atoms with van der Waals surface area (Å²) in [5, 5.41) is 3.09. The van der Waals surface area contributed by atoms with E-state index in [9.17, 15) is 18.8 Å². The molecular weight excluding hydrogens is 525 g/mol. The smallest absolute Gasteiger partial charge is 0.273 e. The van der Waals surface area contributed by atoms with Gasteiger partial charge in [0.15, 0.2) is 17.2 Å². The van der Waals surface area contributed by atoms with Crippen molar-refractivity contribution in [3.63, 3.8) is 0 Å². The minimum Gasteiger partial charge on any atom is -0.493 e. The van der Waals surface area contributed by atoms with Crippen LogP contribution in [-0.4, -0.2) is 42.4 Å². The molecule has 3 aromatic rings. The van der Waals surface area contributed by atoms with Crippen LogP contribution in [0.25, 0.3) is 0 Å².